The van der Waals surface area contributed by atoms with E-state index < -0.39 is 0 Å². The molecule has 0 bridgehead atoms. The Morgan fingerprint density at radius 1 is 1.52 bits per heavy atom. The van der Waals surface area contributed by atoms with Crippen LogP contribution in [0.1, 0.15) is 35.8 Å². The van der Waals surface area contributed by atoms with Crippen molar-refractivity contribution in [2.45, 2.75) is 32.7 Å². The van der Waals surface area contributed by atoms with Crippen LogP contribution in [0.15, 0.2) is 6.20 Å². The van der Waals surface area contributed by atoms with Gasteiger partial charge in [0, 0.05) is 26.3 Å². The lowest BCUT2D eigenvalue weighted by molar-refractivity contribution is 0.0527. The molecule has 1 fully saturated rings. The molecule has 0 spiro atoms. The van der Waals surface area contributed by atoms with Gasteiger partial charge in [-0.25, -0.2) is 9.78 Å². The topological polar surface area (TPSA) is 60.2 Å². The van der Waals surface area contributed by atoms with Crippen molar-refractivity contribution in [3.63, 3.8) is 0 Å². The van der Waals surface area contributed by atoms with Crippen molar-refractivity contribution < 1.29 is 9.53 Å². The molecule has 0 aliphatic heterocycles. The summed E-state index contributed by atoms with van der Waals surface area (Å²) in [5.74, 6) is -0.322. The first-order chi connectivity index (χ1) is 10.0. The van der Waals surface area contributed by atoms with E-state index in [0.717, 1.165) is 35.3 Å². The van der Waals surface area contributed by atoms with Crippen molar-refractivity contribution in [1.82, 2.24) is 14.8 Å². The van der Waals surface area contributed by atoms with Gasteiger partial charge >= 0.3 is 5.97 Å². The maximum absolute atomic E-state index is 12.3. The second kappa shape index (κ2) is 5.02. The molecule has 6 nitrogen and oxygen atoms in total. The van der Waals surface area contributed by atoms with E-state index >= 15 is 0 Å². The van der Waals surface area contributed by atoms with Crippen LogP contribution in [0.2, 0.25) is 0 Å². The van der Waals surface area contributed by atoms with Crippen molar-refractivity contribution in [1.29, 1.82) is 0 Å². The third kappa shape index (κ3) is 2.24. The number of fused-ring (bicyclic) bond motifs is 1. The van der Waals surface area contributed by atoms with E-state index in [0.29, 0.717) is 18.2 Å². The van der Waals surface area contributed by atoms with Crippen LogP contribution >= 0.6 is 0 Å². The smallest absolute Gasteiger partial charge is 0.341 e. The fourth-order valence-corrected chi connectivity index (χ4v) is 2.76. The minimum atomic E-state index is -0.322. The Kier molecular flexibility index (Phi) is 3.31. The number of carbonyl (C=O) groups is 1. The summed E-state index contributed by atoms with van der Waals surface area (Å²) in [6, 6.07) is 0.489. The van der Waals surface area contributed by atoms with Gasteiger partial charge in [-0.15, -0.1) is 0 Å². The number of aromatic nitrogens is 3. The highest BCUT2D eigenvalue weighted by Crippen LogP contribution is 2.37. The van der Waals surface area contributed by atoms with E-state index in [-0.39, 0.29) is 5.97 Å². The standard InChI is InChI=1S/C15H20N4O2/c1-5-21-15(20)11-8-16-14-12(9(2)17-19(14)4)13(11)18(3)10-6-7-10/h8,10H,5-7H2,1-4H3. The lowest BCUT2D eigenvalue weighted by Gasteiger charge is -2.22. The molecule has 21 heavy (non-hydrogen) atoms. The first kappa shape index (κ1) is 13.9. The lowest BCUT2D eigenvalue weighted by atomic mass is 10.1. The largest absolute Gasteiger partial charge is 0.462 e. The zero-order valence-corrected chi connectivity index (χ0v) is 12.9. The Morgan fingerprint density at radius 2 is 2.24 bits per heavy atom. The van der Waals surface area contributed by atoms with E-state index in [1.807, 2.05) is 27.9 Å². The Balaban J connectivity index is 2.24. The van der Waals surface area contributed by atoms with Crippen molar-refractivity contribution in [3.8, 4) is 0 Å². The predicted molar refractivity (Wildman–Crippen MR) is 80.6 cm³/mol. The highest BCUT2D eigenvalue weighted by Gasteiger charge is 2.32. The summed E-state index contributed by atoms with van der Waals surface area (Å²) in [4.78, 5) is 18.8. The van der Waals surface area contributed by atoms with Gasteiger partial charge in [0.25, 0.3) is 0 Å². The molecule has 0 aromatic carbocycles. The Hall–Kier alpha value is -2.11. The molecular weight excluding hydrogens is 268 g/mol. The minimum Gasteiger partial charge on any atom is -0.462 e. The number of aryl methyl sites for hydroxylation is 2. The monoisotopic (exact) mass is 288 g/mol. The lowest BCUT2D eigenvalue weighted by Crippen LogP contribution is -2.23. The molecule has 0 N–H and O–H groups in total. The highest BCUT2D eigenvalue weighted by molar-refractivity contribution is 6.05. The fraction of sp³-hybridized carbons (Fsp3) is 0.533. The normalized spacial score (nSPS) is 14.5. The first-order valence-corrected chi connectivity index (χ1v) is 7.26. The number of rotatable bonds is 4. The molecule has 0 unspecified atom stereocenters. The van der Waals surface area contributed by atoms with E-state index in [2.05, 4.69) is 15.0 Å². The van der Waals surface area contributed by atoms with Crippen LogP contribution < -0.4 is 4.90 Å². The molecule has 3 rings (SSSR count). The molecule has 1 saturated carbocycles. The van der Waals surface area contributed by atoms with Crippen molar-refractivity contribution in [3.05, 3.63) is 17.5 Å². The minimum absolute atomic E-state index is 0.322. The molecule has 0 saturated heterocycles. The summed E-state index contributed by atoms with van der Waals surface area (Å²) >= 11 is 0. The second-order valence-corrected chi connectivity index (χ2v) is 5.49. The van der Waals surface area contributed by atoms with Gasteiger partial charge in [0.05, 0.1) is 23.4 Å². The van der Waals surface area contributed by atoms with Crippen LogP contribution in [-0.4, -0.2) is 40.4 Å². The van der Waals surface area contributed by atoms with E-state index in [1.54, 1.807) is 10.9 Å². The molecular formula is C15H20N4O2. The number of nitrogens with zero attached hydrogens (tertiary/aromatic N) is 4. The van der Waals surface area contributed by atoms with E-state index in [1.165, 1.54) is 0 Å². The summed E-state index contributed by atoms with van der Waals surface area (Å²) in [6.45, 7) is 4.11. The molecule has 6 heteroatoms. The van der Waals surface area contributed by atoms with Crippen LogP contribution in [-0.2, 0) is 11.8 Å². The molecule has 1 aliphatic rings. The van der Waals surface area contributed by atoms with Gasteiger partial charge in [0.1, 0.15) is 5.56 Å². The fourth-order valence-electron chi connectivity index (χ4n) is 2.76. The van der Waals surface area contributed by atoms with Crippen molar-refractivity contribution in [2.75, 3.05) is 18.6 Å². The second-order valence-electron chi connectivity index (χ2n) is 5.49. The molecule has 0 radical (unpaired) electrons. The zero-order valence-electron chi connectivity index (χ0n) is 12.9. The van der Waals surface area contributed by atoms with Gasteiger partial charge in [-0.1, -0.05) is 0 Å². The molecule has 2 aromatic heterocycles. The van der Waals surface area contributed by atoms with Crippen LogP contribution in [0.5, 0.6) is 0 Å². The van der Waals surface area contributed by atoms with Crippen LogP contribution in [0.4, 0.5) is 5.69 Å². The van der Waals surface area contributed by atoms with Crippen LogP contribution in [0.3, 0.4) is 0 Å². The number of pyridine rings is 1. The zero-order chi connectivity index (χ0) is 15.1. The van der Waals surface area contributed by atoms with E-state index in [9.17, 15) is 4.79 Å². The first-order valence-electron chi connectivity index (χ1n) is 7.26. The Morgan fingerprint density at radius 3 is 2.86 bits per heavy atom. The predicted octanol–water partition coefficient (Wildman–Crippen LogP) is 2.05. The van der Waals surface area contributed by atoms with Crippen LogP contribution in [0.25, 0.3) is 11.0 Å². The van der Waals surface area contributed by atoms with Crippen LogP contribution in [0, 0.1) is 6.92 Å². The summed E-state index contributed by atoms with van der Waals surface area (Å²) in [5, 5.41) is 5.38. The quantitative estimate of drug-likeness (QED) is 0.806. The summed E-state index contributed by atoms with van der Waals surface area (Å²) in [6.07, 6.45) is 3.92. The van der Waals surface area contributed by atoms with Gasteiger partial charge in [0.2, 0.25) is 0 Å². The number of hydrogen-bond donors (Lipinski definition) is 0. The average Bonchev–Trinajstić information content (AvgIpc) is 3.25. The Bertz CT molecular complexity index is 703. The molecule has 2 heterocycles. The molecule has 0 atom stereocenters. The van der Waals surface area contributed by atoms with Gasteiger partial charge in [-0.2, -0.15) is 5.10 Å². The van der Waals surface area contributed by atoms with Crippen molar-refractivity contribution >= 4 is 22.7 Å². The van der Waals surface area contributed by atoms with Crippen molar-refractivity contribution in [2.24, 2.45) is 7.05 Å². The number of esters is 1. The number of hydrogen-bond acceptors (Lipinski definition) is 5. The number of carbonyl (C=O) groups excluding carboxylic acids is 1. The SMILES string of the molecule is CCOC(=O)c1cnc2c(c(C)nn2C)c1N(C)C1CC1. The summed E-state index contributed by atoms with van der Waals surface area (Å²) in [7, 11) is 3.90. The summed E-state index contributed by atoms with van der Waals surface area (Å²) < 4.78 is 6.94. The molecule has 112 valence electrons. The van der Waals surface area contributed by atoms with Gasteiger partial charge < -0.3 is 9.64 Å². The van der Waals surface area contributed by atoms with Gasteiger partial charge in [-0.05, 0) is 26.7 Å². The molecule has 2 aromatic rings. The average molecular weight is 288 g/mol. The molecule has 0 amide bonds. The van der Waals surface area contributed by atoms with Gasteiger partial charge in [-0.3, -0.25) is 4.68 Å². The number of anilines is 1. The Labute approximate surface area is 123 Å². The maximum Gasteiger partial charge on any atom is 0.341 e. The number of ether oxygens (including phenoxy) is 1. The highest BCUT2D eigenvalue weighted by atomic mass is 16.5. The third-order valence-electron chi connectivity index (χ3n) is 3.94. The van der Waals surface area contributed by atoms with E-state index in [4.69, 9.17) is 4.74 Å². The summed E-state index contributed by atoms with van der Waals surface area (Å²) in [5.41, 5.74) is 3.10. The maximum atomic E-state index is 12.3. The molecule has 1 aliphatic carbocycles. The van der Waals surface area contributed by atoms with Gasteiger partial charge in [0.15, 0.2) is 5.65 Å². The third-order valence-corrected chi connectivity index (χ3v) is 3.94.